The Balaban J connectivity index is 1.45. The molecule has 4 aromatic rings. The van der Waals surface area contributed by atoms with Gasteiger partial charge < -0.3 is 14.2 Å². The van der Waals surface area contributed by atoms with Gasteiger partial charge in [0.2, 0.25) is 21.7 Å². The quantitative estimate of drug-likeness (QED) is 0.195. The minimum atomic E-state index is -4.77. The maximum atomic E-state index is 14.5. The molecule has 4 aromatic heterocycles. The lowest BCUT2D eigenvalue weighted by molar-refractivity contribution is -0.166. The van der Waals surface area contributed by atoms with Gasteiger partial charge in [-0.3, -0.25) is 19.1 Å². The number of carbonyl (C=O) groups is 2. The summed E-state index contributed by atoms with van der Waals surface area (Å²) in [6.07, 6.45) is -2.61. The van der Waals surface area contributed by atoms with E-state index in [-0.39, 0.29) is 42.6 Å². The predicted octanol–water partition coefficient (Wildman–Crippen LogP) is 6.54. The second-order valence-corrected chi connectivity index (χ2v) is 19.4. The summed E-state index contributed by atoms with van der Waals surface area (Å²) in [6, 6.07) is 6.43. The van der Waals surface area contributed by atoms with Crippen LogP contribution in [-0.4, -0.2) is 90.7 Å². The zero-order valence-electron chi connectivity index (χ0n) is 33.9. The summed E-state index contributed by atoms with van der Waals surface area (Å²) >= 11 is 0. The number of sulfonamides is 1. The molecule has 0 aliphatic carbocycles. The number of carbonyl (C=O) groups excluding carboxylic acids is 2. The largest absolute Gasteiger partial charge is 0.465 e. The van der Waals surface area contributed by atoms with Crippen LogP contribution in [0.2, 0.25) is 0 Å². The second-order valence-electron chi connectivity index (χ2n) is 17.5. The summed E-state index contributed by atoms with van der Waals surface area (Å²) < 4.78 is 90.4. The van der Waals surface area contributed by atoms with Crippen LogP contribution in [0.1, 0.15) is 101 Å². The van der Waals surface area contributed by atoms with Gasteiger partial charge in [-0.25, -0.2) is 18.2 Å². The molecule has 1 amide bonds. The molecule has 0 aromatic carbocycles. The third kappa shape index (κ3) is 8.15. The van der Waals surface area contributed by atoms with Gasteiger partial charge in [0.05, 0.1) is 37.3 Å². The number of fused-ring (bicyclic) bond motifs is 2. The number of nitrogens with zero attached hydrogens (tertiary/aromatic N) is 7. The summed E-state index contributed by atoms with van der Waals surface area (Å²) in [6.45, 7) is 18.5. The number of ether oxygens (including phenoxy) is 3. The molecule has 1 atom stereocenters. The first-order valence-electron chi connectivity index (χ1n) is 18.4. The molecule has 2 aliphatic heterocycles. The highest BCUT2D eigenvalue weighted by atomic mass is 32.2. The van der Waals surface area contributed by atoms with Crippen molar-refractivity contribution in [2.45, 2.75) is 116 Å². The number of pyridine rings is 3. The van der Waals surface area contributed by atoms with Crippen molar-refractivity contribution in [1.82, 2.24) is 33.8 Å². The van der Waals surface area contributed by atoms with Crippen LogP contribution in [0.5, 0.6) is 5.88 Å². The van der Waals surface area contributed by atoms with Gasteiger partial charge in [-0.1, -0.05) is 6.07 Å². The molecule has 0 radical (unpaired) electrons. The van der Waals surface area contributed by atoms with Crippen molar-refractivity contribution in [3.63, 3.8) is 0 Å². The zero-order valence-corrected chi connectivity index (χ0v) is 34.7. The van der Waals surface area contributed by atoms with Crippen molar-refractivity contribution in [3.8, 4) is 5.88 Å². The molecular formula is C39H48F3N7O7S. The lowest BCUT2D eigenvalue weighted by atomic mass is 9.71. The summed E-state index contributed by atoms with van der Waals surface area (Å²) in [4.78, 5) is 37.6. The Morgan fingerprint density at radius 2 is 1.58 bits per heavy atom. The number of likely N-dealkylation sites (tertiary alicyclic amines) is 1. The first kappa shape index (κ1) is 41.8. The first-order chi connectivity index (χ1) is 26.1. The SMILES string of the molecule is Cc1cnc2c(c1)S(=O)(=O)N(Cc1nc(C(c3ccn4c(C(F)(F)F)nnc4c3C)C(C)(C)C(=O)OC(C)(C)C)ccc1C)CC1(CN(C(=O)OC(C)(C)C)C1)O2. The van der Waals surface area contributed by atoms with Crippen LogP contribution < -0.4 is 4.74 Å². The van der Waals surface area contributed by atoms with E-state index in [0.29, 0.717) is 33.6 Å². The van der Waals surface area contributed by atoms with Crippen molar-refractivity contribution in [1.29, 1.82) is 0 Å². The van der Waals surface area contributed by atoms with Gasteiger partial charge in [0.1, 0.15) is 16.1 Å². The summed E-state index contributed by atoms with van der Waals surface area (Å²) in [5, 5.41) is 7.27. The van der Waals surface area contributed by atoms with Gasteiger partial charge in [0, 0.05) is 24.0 Å². The summed E-state index contributed by atoms with van der Waals surface area (Å²) in [5.41, 5.74) is -1.51. The van der Waals surface area contributed by atoms with Gasteiger partial charge >= 0.3 is 18.2 Å². The minimum absolute atomic E-state index is 0.0297. The molecule has 0 bridgehead atoms. The third-order valence-corrected chi connectivity index (χ3v) is 11.7. The van der Waals surface area contributed by atoms with Crippen molar-refractivity contribution >= 4 is 27.7 Å². The number of alkyl halides is 3. The monoisotopic (exact) mass is 815 g/mol. The molecule has 6 heterocycles. The van der Waals surface area contributed by atoms with E-state index in [0.717, 1.165) is 4.40 Å². The molecule has 2 aliphatic rings. The molecule has 57 heavy (non-hydrogen) atoms. The maximum Gasteiger partial charge on any atom is 0.452 e. The number of hydrogen-bond acceptors (Lipinski definition) is 11. The number of hydrogen-bond donors (Lipinski definition) is 0. The van der Waals surface area contributed by atoms with Crippen molar-refractivity contribution in [3.05, 3.63) is 76.1 Å². The molecule has 1 fully saturated rings. The van der Waals surface area contributed by atoms with Crippen LogP contribution in [0.25, 0.3) is 5.65 Å². The summed E-state index contributed by atoms with van der Waals surface area (Å²) in [5.74, 6) is -2.79. The Kier molecular flexibility index (Phi) is 10.2. The lowest BCUT2D eigenvalue weighted by Crippen LogP contribution is -2.70. The topological polar surface area (TPSA) is 158 Å². The number of aromatic nitrogens is 5. The van der Waals surface area contributed by atoms with Crippen LogP contribution in [-0.2, 0) is 37.0 Å². The smallest absolute Gasteiger partial charge is 0.452 e. The minimum Gasteiger partial charge on any atom is -0.465 e. The van der Waals surface area contributed by atoms with Crippen LogP contribution in [0.4, 0.5) is 18.0 Å². The summed E-state index contributed by atoms with van der Waals surface area (Å²) in [7, 11) is -4.27. The Bertz CT molecular complexity index is 2360. The molecule has 18 heteroatoms. The van der Waals surface area contributed by atoms with E-state index in [1.54, 1.807) is 88.3 Å². The molecule has 1 spiro atoms. The van der Waals surface area contributed by atoms with Crippen LogP contribution in [0, 0.1) is 26.2 Å². The van der Waals surface area contributed by atoms with E-state index in [2.05, 4.69) is 15.2 Å². The maximum absolute atomic E-state index is 14.5. The standard InChI is InChI=1S/C39H48F3N7O7S/c1-22-16-28-31(43-17-22)54-38(19-47(20-38)34(51)56-36(7,8)9)21-48(57(28,52)53)18-27-23(2)12-13-26(44-27)29(37(10,11)33(50)55-35(4,5)6)25-14-15-49-30(24(25)3)45-46-32(49)39(40,41)42/h12-17,29H,18-21H2,1-11H3. The van der Waals surface area contributed by atoms with Crippen molar-refractivity contribution in [2.75, 3.05) is 19.6 Å². The third-order valence-electron chi connectivity index (χ3n) is 9.88. The van der Waals surface area contributed by atoms with Gasteiger partial charge in [-0.15, -0.1) is 10.2 Å². The molecule has 14 nitrogen and oxygen atoms in total. The molecule has 0 saturated carbocycles. The Morgan fingerprint density at radius 1 is 0.930 bits per heavy atom. The molecule has 1 saturated heterocycles. The van der Waals surface area contributed by atoms with Gasteiger partial charge in [-0.05, 0) is 117 Å². The molecular weight excluding hydrogens is 768 g/mol. The van der Waals surface area contributed by atoms with E-state index in [1.807, 2.05) is 0 Å². The first-order valence-corrected chi connectivity index (χ1v) is 19.8. The number of aryl methyl sites for hydroxylation is 3. The van der Waals surface area contributed by atoms with E-state index in [1.165, 1.54) is 33.7 Å². The normalized spacial score (nSPS) is 17.7. The fourth-order valence-electron chi connectivity index (χ4n) is 7.11. The molecule has 6 rings (SSSR count). The van der Waals surface area contributed by atoms with E-state index in [4.69, 9.17) is 19.2 Å². The van der Waals surface area contributed by atoms with E-state index < -0.39 is 62.2 Å². The average Bonchev–Trinajstić information content (AvgIpc) is 3.47. The van der Waals surface area contributed by atoms with Crippen LogP contribution in [0.15, 0.2) is 41.6 Å². The fourth-order valence-corrected chi connectivity index (χ4v) is 8.73. The Labute approximate surface area is 329 Å². The molecule has 1 unspecified atom stereocenters. The Morgan fingerprint density at radius 3 is 2.19 bits per heavy atom. The second kappa shape index (κ2) is 13.9. The highest BCUT2D eigenvalue weighted by molar-refractivity contribution is 7.89. The highest BCUT2D eigenvalue weighted by Gasteiger charge is 2.54. The number of halogens is 3. The zero-order chi connectivity index (χ0) is 42.3. The number of rotatable bonds is 6. The highest BCUT2D eigenvalue weighted by Crippen LogP contribution is 2.45. The van der Waals surface area contributed by atoms with Gasteiger partial charge in [0.15, 0.2) is 11.2 Å². The van der Waals surface area contributed by atoms with Crippen molar-refractivity contribution in [2.24, 2.45) is 5.41 Å². The lowest BCUT2D eigenvalue weighted by Gasteiger charge is -2.49. The fraction of sp³-hybridized carbons (Fsp3) is 0.538. The van der Waals surface area contributed by atoms with E-state index in [9.17, 15) is 31.2 Å². The molecule has 0 N–H and O–H groups in total. The Hall–Kier alpha value is -4.84. The van der Waals surface area contributed by atoms with Crippen LogP contribution >= 0.6 is 0 Å². The molecule has 308 valence electrons. The average molecular weight is 816 g/mol. The van der Waals surface area contributed by atoms with E-state index >= 15 is 0 Å². The number of amides is 1. The van der Waals surface area contributed by atoms with Crippen LogP contribution in [0.3, 0.4) is 0 Å². The van der Waals surface area contributed by atoms with Crippen molar-refractivity contribution < 1.29 is 45.4 Å². The van der Waals surface area contributed by atoms with Gasteiger partial charge in [0.25, 0.3) is 0 Å². The van der Waals surface area contributed by atoms with Gasteiger partial charge in [-0.2, -0.15) is 17.5 Å². The number of esters is 1. The predicted molar refractivity (Wildman–Crippen MR) is 201 cm³/mol.